The summed E-state index contributed by atoms with van der Waals surface area (Å²) in [5, 5.41) is 0. The molecule has 1 fully saturated rings. The number of carbonyl (C=O) groups excluding carboxylic acids is 1. The molecule has 106 valence electrons. The van der Waals surface area contributed by atoms with Crippen LogP contribution in [0.3, 0.4) is 0 Å². The van der Waals surface area contributed by atoms with Crippen LogP contribution in [0.15, 0.2) is 42.5 Å². The minimum Gasteiger partial charge on any atom is -0.488 e. The van der Waals surface area contributed by atoms with E-state index >= 15 is 0 Å². The highest BCUT2D eigenvalue weighted by atomic mass is 16.6. The van der Waals surface area contributed by atoms with Gasteiger partial charge in [-0.3, -0.25) is 0 Å². The Morgan fingerprint density at radius 3 is 2.76 bits per heavy atom. The number of carbonyl (C=O) groups is 1. The Bertz CT molecular complexity index is 731. The van der Waals surface area contributed by atoms with Crippen molar-refractivity contribution >= 4 is 5.97 Å². The monoisotopic (exact) mass is 282 g/mol. The van der Waals surface area contributed by atoms with Crippen molar-refractivity contribution in [1.29, 1.82) is 0 Å². The summed E-state index contributed by atoms with van der Waals surface area (Å²) in [6.45, 7) is 1.11. The number of epoxide rings is 1. The van der Waals surface area contributed by atoms with E-state index in [2.05, 4.69) is 6.07 Å². The molecule has 21 heavy (non-hydrogen) atoms. The van der Waals surface area contributed by atoms with Gasteiger partial charge in [-0.1, -0.05) is 24.3 Å². The van der Waals surface area contributed by atoms with Crippen LogP contribution in [0.1, 0.15) is 27.0 Å². The standard InChI is InChI=1S/C17H14O4/c1-19-16(18)11-6-7-15-14(8-11)17(10-21-17)13-5-3-2-4-12(13)9-20-15/h2-8H,9-10H2,1H3. The average molecular weight is 282 g/mol. The summed E-state index contributed by atoms with van der Waals surface area (Å²) >= 11 is 0. The van der Waals surface area contributed by atoms with E-state index in [-0.39, 0.29) is 5.97 Å². The fourth-order valence-corrected chi connectivity index (χ4v) is 2.94. The van der Waals surface area contributed by atoms with E-state index in [0.717, 1.165) is 22.4 Å². The quantitative estimate of drug-likeness (QED) is 0.596. The number of ether oxygens (including phenoxy) is 3. The van der Waals surface area contributed by atoms with Gasteiger partial charge in [-0.15, -0.1) is 0 Å². The molecule has 2 aromatic rings. The third-order valence-electron chi connectivity index (χ3n) is 4.10. The Balaban J connectivity index is 1.91. The lowest BCUT2D eigenvalue weighted by Crippen LogP contribution is -2.13. The van der Waals surface area contributed by atoms with Gasteiger partial charge in [0.25, 0.3) is 0 Å². The molecule has 4 rings (SSSR count). The fraction of sp³-hybridized carbons (Fsp3) is 0.235. The van der Waals surface area contributed by atoms with Crippen LogP contribution in [0, 0.1) is 0 Å². The first-order valence-corrected chi connectivity index (χ1v) is 6.82. The fourth-order valence-electron chi connectivity index (χ4n) is 2.94. The predicted molar refractivity (Wildman–Crippen MR) is 75.3 cm³/mol. The zero-order chi connectivity index (χ0) is 14.4. The second-order valence-corrected chi connectivity index (χ2v) is 5.26. The van der Waals surface area contributed by atoms with Crippen LogP contribution in [0.5, 0.6) is 5.75 Å². The van der Waals surface area contributed by atoms with Crippen molar-refractivity contribution in [3.63, 3.8) is 0 Å². The van der Waals surface area contributed by atoms with E-state index in [1.54, 1.807) is 6.07 Å². The lowest BCUT2D eigenvalue weighted by Gasteiger charge is -2.15. The molecule has 2 aromatic carbocycles. The number of hydrogen-bond acceptors (Lipinski definition) is 4. The van der Waals surface area contributed by atoms with Gasteiger partial charge in [0.15, 0.2) is 0 Å². The summed E-state index contributed by atoms with van der Waals surface area (Å²) in [5.41, 5.74) is 3.16. The van der Waals surface area contributed by atoms with Crippen molar-refractivity contribution in [3.05, 3.63) is 64.7 Å². The number of esters is 1. The maximum absolute atomic E-state index is 11.8. The molecular formula is C17H14O4. The molecule has 1 spiro atoms. The van der Waals surface area contributed by atoms with Crippen LogP contribution >= 0.6 is 0 Å². The van der Waals surface area contributed by atoms with Crippen molar-refractivity contribution in [1.82, 2.24) is 0 Å². The molecule has 0 amide bonds. The van der Waals surface area contributed by atoms with Crippen LogP contribution < -0.4 is 4.74 Å². The number of fused-ring (bicyclic) bond motifs is 4. The average Bonchev–Trinajstić information content (AvgIpc) is 3.35. The van der Waals surface area contributed by atoms with Gasteiger partial charge in [0, 0.05) is 5.56 Å². The SMILES string of the molecule is COC(=O)c1ccc2c(c1)C1(CO1)c1ccccc1CO2. The molecule has 0 aromatic heterocycles. The molecule has 0 saturated carbocycles. The van der Waals surface area contributed by atoms with E-state index < -0.39 is 5.60 Å². The molecule has 4 heteroatoms. The van der Waals surface area contributed by atoms with Crippen LogP contribution in [0.4, 0.5) is 0 Å². The second kappa shape index (κ2) is 4.33. The molecule has 0 N–H and O–H groups in total. The largest absolute Gasteiger partial charge is 0.488 e. The first kappa shape index (κ1) is 12.4. The molecule has 4 nitrogen and oxygen atoms in total. The Morgan fingerprint density at radius 1 is 1.19 bits per heavy atom. The Labute approximate surface area is 122 Å². The summed E-state index contributed by atoms with van der Waals surface area (Å²) in [4.78, 5) is 11.8. The van der Waals surface area contributed by atoms with Gasteiger partial charge in [0.2, 0.25) is 0 Å². The first-order chi connectivity index (χ1) is 10.2. The molecular weight excluding hydrogens is 268 g/mol. The summed E-state index contributed by atoms with van der Waals surface area (Å²) in [7, 11) is 1.38. The Morgan fingerprint density at radius 2 is 2.00 bits per heavy atom. The van der Waals surface area contributed by atoms with Crippen molar-refractivity contribution in [2.75, 3.05) is 13.7 Å². The topological polar surface area (TPSA) is 48.1 Å². The van der Waals surface area contributed by atoms with E-state index in [1.165, 1.54) is 7.11 Å². The highest BCUT2D eigenvalue weighted by Crippen LogP contribution is 2.51. The Kier molecular flexibility index (Phi) is 2.56. The smallest absolute Gasteiger partial charge is 0.337 e. The normalized spacial score (nSPS) is 21.8. The van der Waals surface area contributed by atoms with Gasteiger partial charge in [-0.05, 0) is 29.3 Å². The molecule has 0 bridgehead atoms. The van der Waals surface area contributed by atoms with E-state index in [9.17, 15) is 4.79 Å². The Hall–Kier alpha value is -2.33. The summed E-state index contributed by atoms with van der Waals surface area (Å²) in [6.07, 6.45) is 0. The van der Waals surface area contributed by atoms with E-state index in [0.29, 0.717) is 18.8 Å². The summed E-state index contributed by atoms with van der Waals surface area (Å²) in [5.74, 6) is 0.405. The second-order valence-electron chi connectivity index (χ2n) is 5.26. The number of rotatable bonds is 1. The lowest BCUT2D eigenvalue weighted by atomic mass is 9.88. The van der Waals surface area contributed by atoms with E-state index in [4.69, 9.17) is 14.2 Å². The van der Waals surface area contributed by atoms with Crippen LogP contribution in [0.2, 0.25) is 0 Å². The van der Waals surface area contributed by atoms with Gasteiger partial charge < -0.3 is 14.2 Å². The first-order valence-electron chi connectivity index (χ1n) is 6.82. The zero-order valence-corrected chi connectivity index (χ0v) is 11.6. The van der Waals surface area contributed by atoms with Crippen molar-refractivity contribution in [3.8, 4) is 5.75 Å². The minimum atomic E-state index is -0.480. The molecule has 1 unspecified atom stereocenters. The molecule has 2 aliphatic heterocycles. The highest BCUT2D eigenvalue weighted by Gasteiger charge is 2.52. The van der Waals surface area contributed by atoms with Crippen molar-refractivity contribution in [2.24, 2.45) is 0 Å². The summed E-state index contributed by atoms with van der Waals surface area (Å²) < 4.78 is 16.5. The van der Waals surface area contributed by atoms with Gasteiger partial charge in [0.05, 0.1) is 19.3 Å². The van der Waals surface area contributed by atoms with Crippen molar-refractivity contribution in [2.45, 2.75) is 12.2 Å². The van der Waals surface area contributed by atoms with Gasteiger partial charge in [0.1, 0.15) is 18.0 Å². The zero-order valence-electron chi connectivity index (χ0n) is 11.6. The molecule has 0 aliphatic carbocycles. The predicted octanol–water partition coefficient (Wildman–Crippen LogP) is 2.64. The molecule has 2 heterocycles. The van der Waals surface area contributed by atoms with Crippen LogP contribution in [-0.2, 0) is 21.7 Å². The number of methoxy groups -OCH3 is 1. The molecule has 1 saturated heterocycles. The van der Waals surface area contributed by atoms with Gasteiger partial charge in [-0.25, -0.2) is 4.79 Å². The third kappa shape index (κ3) is 1.76. The summed E-state index contributed by atoms with van der Waals surface area (Å²) in [6, 6.07) is 13.5. The van der Waals surface area contributed by atoms with Crippen LogP contribution in [0.25, 0.3) is 0 Å². The maximum Gasteiger partial charge on any atom is 0.337 e. The number of hydrogen-bond donors (Lipinski definition) is 0. The molecule has 0 radical (unpaired) electrons. The molecule has 2 aliphatic rings. The van der Waals surface area contributed by atoms with Crippen molar-refractivity contribution < 1.29 is 19.0 Å². The van der Waals surface area contributed by atoms with E-state index in [1.807, 2.05) is 30.3 Å². The maximum atomic E-state index is 11.8. The van der Waals surface area contributed by atoms with Gasteiger partial charge in [-0.2, -0.15) is 0 Å². The third-order valence-corrected chi connectivity index (χ3v) is 4.10. The van der Waals surface area contributed by atoms with Gasteiger partial charge >= 0.3 is 5.97 Å². The molecule has 1 atom stereocenters. The minimum absolute atomic E-state index is 0.355. The highest BCUT2D eigenvalue weighted by molar-refractivity contribution is 5.90. The van der Waals surface area contributed by atoms with Crippen LogP contribution in [-0.4, -0.2) is 19.7 Å². The lowest BCUT2D eigenvalue weighted by molar-refractivity contribution is 0.0600. The number of benzene rings is 2.